The SMILES string of the molecule is COc1ccc(C2C(C)C(C(=O)NN3CCCC(O)C3)=NN2c2ccccc2Cl)cc1. The highest BCUT2D eigenvalue weighted by Gasteiger charge is 2.40. The predicted molar refractivity (Wildman–Crippen MR) is 121 cm³/mol. The van der Waals surface area contributed by atoms with Crippen molar-refractivity contribution in [3.05, 3.63) is 59.1 Å². The average molecular weight is 443 g/mol. The van der Waals surface area contributed by atoms with Crippen LogP contribution in [0.15, 0.2) is 53.6 Å². The molecule has 0 saturated carbocycles. The third kappa shape index (κ3) is 4.54. The lowest BCUT2D eigenvalue weighted by Gasteiger charge is -2.30. The van der Waals surface area contributed by atoms with Gasteiger partial charge in [-0.25, -0.2) is 5.01 Å². The molecular formula is C23H27ClN4O3. The van der Waals surface area contributed by atoms with Crippen molar-refractivity contribution < 1.29 is 14.6 Å². The summed E-state index contributed by atoms with van der Waals surface area (Å²) in [7, 11) is 1.63. The minimum absolute atomic E-state index is 0.181. The van der Waals surface area contributed by atoms with Gasteiger partial charge in [0.05, 0.1) is 30.0 Å². The maximum absolute atomic E-state index is 13.1. The van der Waals surface area contributed by atoms with Crippen LogP contribution < -0.4 is 15.2 Å². The number of hydrazone groups is 1. The number of carbonyl (C=O) groups excluding carboxylic acids is 1. The zero-order valence-corrected chi connectivity index (χ0v) is 18.4. The van der Waals surface area contributed by atoms with E-state index >= 15 is 0 Å². The smallest absolute Gasteiger partial charge is 0.282 e. The fraction of sp³-hybridized carbons (Fsp3) is 0.391. The number of amides is 1. The third-order valence-corrected chi connectivity index (χ3v) is 6.15. The molecule has 2 aromatic carbocycles. The van der Waals surface area contributed by atoms with E-state index in [1.807, 2.05) is 60.5 Å². The summed E-state index contributed by atoms with van der Waals surface area (Å²) in [5.41, 5.74) is 5.10. The molecule has 8 heteroatoms. The standard InChI is InChI=1S/C23H27ClN4O3/c1-15-21(23(30)26-27-13-5-6-17(29)14-27)25-28(20-8-4-3-7-19(20)24)22(15)16-9-11-18(31-2)12-10-16/h3-4,7-12,15,17,22,29H,5-6,13-14H2,1-2H3,(H,26,30). The van der Waals surface area contributed by atoms with E-state index in [-0.39, 0.29) is 17.9 Å². The number of rotatable bonds is 5. The van der Waals surface area contributed by atoms with Crippen molar-refractivity contribution >= 4 is 28.9 Å². The lowest BCUT2D eigenvalue weighted by atomic mass is 9.91. The zero-order chi connectivity index (χ0) is 22.0. The molecule has 31 heavy (non-hydrogen) atoms. The lowest BCUT2D eigenvalue weighted by Crippen LogP contribution is -2.51. The van der Waals surface area contributed by atoms with Crippen LogP contribution in [0.1, 0.15) is 31.4 Å². The highest BCUT2D eigenvalue weighted by atomic mass is 35.5. The lowest BCUT2D eigenvalue weighted by molar-refractivity contribution is -0.120. The Kier molecular flexibility index (Phi) is 6.46. The summed E-state index contributed by atoms with van der Waals surface area (Å²) < 4.78 is 5.29. The second-order valence-electron chi connectivity index (χ2n) is 7.97. The van der Waals surface area contributed by atoms with Crippen molar-refractivity contribution in [1.82, 2.24) is 10.4 Å². The molecule has 2 aliphatic rings. The van der Waals surface area contributed by atoms with Crippen LogP contribution in [0.4, 0.5) is 5.69 Å². The Balaban J connectivity index is 1.65. The van der Waals surface area contributed by atoms with E-state index in [1.165, 1.54) is 0 Å². The van der Waals surface area contributed by atoms with Crippen LogP contribution >= 0.6 is 11.6 Å². The monoisotopic (exact) mass is 442 g/mol. The molecule has 1 fully saturated rings. The number of hydrogen-bond acceptors (Lipinski definition) is 6. The van der Waals surface area contributed by atoms with Crippen molar-refractivity contribution in [2.24, 2.45) is 11.0 Å². The van der Waals surface area contributed by atoms with Crippen LogP contribution in [0.3, 0.4) is 0 Å². The van der Waals surface area contributed by atoms with Gasteiger partial charge in [0.15, 0.2) is 0 Å². The molecule has 0 spiro atoms. The molecule has 2 N–H and O–H groups in total. The zero-order valence-electron chi connectivity index (χ0n) is 17.7. The van der Waals surface area contributed by atoms with Gasteiger partial charge in [0, 0.05) is 19.0 Å². The van der Waals surface area contributed by atoms with Crippen LogP contribution in [-0.4, -0.2) is 48.0 Å². The number of carbonyl (C=O) groups is 1. The van der Waals surface area contributed by atoms with Crippen molar-refractivity contribution in [3.63, 3.8) is 0 Å². The highest BCUT2D eigenvalue weighted by molar-refractivity contribution is 6.40. The van der Waals surface area contributed by atoms with Crippen molar-refractivity contribution in [2.45, 2.75) is 31.9 Å². The summed E-state index contributed by atoms with van der Waals surface area (Å²) in [6.07, 6.45) is 1.16. The Labute approximate surface area is 187 Å². The number of anilines is 1. The summed E-state index contributed by atoms with van der Waals surface area (Å²) in [4.78, 5) is 13.1. The maximum atomic E-state index is 13.1. The van der Waals surface area contributed by atoms with Gasteiger partial charge in [-0.3, -0.25) is 15.2 Å². The van der Waals surface area contributed by atoms with Gasteiger partial charge in [0.1, 0.15) is 11.5 Å². The van der Waals surface area contributed by atoms with E-state index in [0.717, 1.165) is 29.8 Å². The van der Waals surface area contributed by atoms with Crippen LogP contribution in [0.25, 0.3) is 0 Å². The van der Waals surface area contributed by atoms with Gasteiger partial charge in [0.2, 0.25) is 0 Å². The van der Waals surface area contributed by atoms with E-state index < -0.39 is 6.10 Å². The van der Waals surface area contributed by atoms with Gasteiger partial charge < -0.3 is 9.84 Å². The molecule has 2 aromatic rings. The first-order valence-electron chi connectivity index (χ1n) is 10.5. The summed E-state index contributed by atoms with van der Waals surface area (Å²) in [5, 5.41) is 18.8. The Morgan fingerprint density at radius 3 is 2.65 bits per heavy atom. The fourth-order valence-electron chi connectivity index (χ4n) is 4.21. The van der Waals surface area contributed by atoms with E-state index in [0.29, 0.717) is 23.8 Å². The quantitative estimate of drug-likeness (QED) is 0.742. The summed E-state index contributed by atoms with van der Waals surface area (Å²) in [5.74, 6) is 0.329. The Morgan fingerprint density at radius 2 is 1.97 bits per heavy atom. The number of aliphatic hydroxyl groups excluding tert-OH is 1. The number of benzene rings is 2. The summed E-state index contributed by atoms with van der Waals surface area (Å²) in [6.45, 7) is 3.12. The van der Waals surface area contributed by atoms with E-state index in [1.54, 1.807) is 12.1 Å². The highest BCUT2D eigenvalue weighted by Crippen LogP contribution is 2.41. The second-order valence-corrected chi connectivity index (χ2v) is 8.38. The molecule has 7 nitrogen and oxygen atoms in total. The Hall–Kier alpha value is -2.61. The molecule has 1 amide bonds. The Bertz CT molecular complexity index is 966. The molecule has 0 bridgehead atoms. The average Bonchev–Trinajstić information content (AvgIpc) is 3.11. The van der Waals surface area contributed by atoms with Crippen LogP contribution in [0.5, 0.6) is 5.75 Å². The van der Waals surface area contributed by atoms with Gasteiger partial charge >= 0.3 is 0 Å². The van der Waals surface area contributed by atoms with E-state index in [4.69, 9.17) is 21.4 Å². The first kappa shape index (κ1) is 21.6. The molecule has 0 aliphatic carbocycles. The number of nitrogens with zero attached hydrogens (tertiary/aromatic N) is 3. The van der Waals surface area contributed by atoms with Gasteiger partial charge in [0.25, 0.3) is 5.91 Å². The van der Waals surface area contributed by atoms with E-state index in [9.17, 15) is 9.90 Å². The van der Waals surface area contributed by atoms with E-state index in [2.05, 4.69) is 5.43 Å². The fourth-order valence-corrected chi connectivity index (χ4v) is 4.43. The van der Waals surface area contributed by atoms with Gasteiger partial charge in [-0.05, 0) is 42.7 Å². The molecule has 3 atom stereocenters. The molecule has 2 aliphatic heterocycles. The topological polar surface area (TPSA) is 77.4 Å². The summed E-state index contributed by atoms with van der Waals surface area (Å²) in [6, 6.07) is 15.1. The first-order chi connectivity index (χ1) is 15.0. The molecule has 0 radical (unpaired) electrons. The minimum atomic E-state index is -0.427. The molecule has 3 unspecified atom stereocenters. The second kappa shape index (κ2) is 9.26. The number of methoxy groups -OCH3 is 1. The third-order valence-electron chi connectivity index (χ3n) is 5.83. The van der Waals surface area contributed by atoms with Crippen molar-refractivity contribution in [3.8, 4) is 5.75 Å². The molecule has 2 heterocycles. The molecule has 0 aromatic heterocycles. The molecule has 1 saturated heterocycles. The van der Waals surface area contributed by atoms with Gasteiger partial charge in [-0.1, -0.05) is 42.8 Å². The molecule has 164 valence electrons. The van der Waals surface area contributed by atoms with Crippen LogP contribution in [0.2, 0.25) is 5.02 Å². The van der Waals surface area contributed by atoms with Crippen molar-refractivity contribution in [1.29, 1.82) is 0 Å². The van der Waals surface area contributed by atoms with Crippen LogP contribution in [0, 0.1) is 5.92 Å². The number of para-hydroxylation sites is 1. The molecular weight excluding hydrogens is 416 g/mol. The first-order valence-corrected chi connectivity index (χ1v) is 10.9. The normalized spacial score (nSPS) is 24.1. The van der Waals surface area contributed by atoms with Gasteiger partial charge in [-0.2, -0.15) is 5.10 Å². The number of hydrogen-bond donors (Lipinski definition) is 2. The van der Waals surface area contributed by atoms with Crippen molar-refractivity contribution in [2.75, 3.05) is 25.2 Å². The maximum Gasteiger partial charge on any atom is 0.282 e. The number of halogens is 1. The molecule has 4 rings (SSSR count). The van der Waals surface area contributed by atoms with Gasteiger partial charge in [-0.15, -0.1) is 0 Å². The number of aliphatic hydroxyl groups is 1. The predicted octanol–water partition coefficient (Wildman–Crippen LogP) is 3.39. The number of ether oxygens (including phenoxy) is 1. The largest absolute Gasteiger partial charge is 0.497 e. The minimum Gasteiger partial charge on any atom is -0.497 e. The number of piperidine rings is 1. The Morgan fingerprint density at radius 1 is 1.23 bits per heavy atom. The number of hydrazine groups is 1. The number of β-amino-alcohol motifs (C(OH)–C–C–N with tert-alkyl or cyclic N) is 1. The van der Waals surface area contributed by atoms with Crippen LogP contribution in [-0.2, 0) is 4.79 Å². The number of nitrogens with one attached hydrogen (secondary N) is 1. The summed E-state index contributed by atoms with van der Waals surface area (Å²) >= 11 is 6.48.